The fraction of sp³-hybridized carbons (Fsp3) is 0.286. The number of carboxylic acid groups (broad SMARTS) is 1. The summed E-state index contributed by atoms with van der Waals surface area (Å²) in [4.78, 5) is 25.1. The van der Waals surface area contributed by atoms with Crippen molar-refractivity contribution < 1.29 is 29.3 Å². The van der Waals surface area contributed by atoms with E-state index in [1.165, 1.54) is 16.3 Å². The number of likely N-dealkylation sites (N-methyl/N-ethyl adjacent to an activating group) is 1. The van der Waals surface area contributed by atoms with E-state index < -0.39 is 12.3 Å². The molecule has 1 amide bonds. The number of hydrogen-bond acceptors (Lipinski definition) is 6. The van der Waals surface area contributed by atoms with Gasteiger partial charge in [0.1, 0.15) is 0 Å². The molecule has 4 atom stereocenters. The van der Waals surface area contributed by atoms with Gasteiger partial charge in [0.05, 0.1) is 25.2 Å². The molecule has 0 radical (unpaired) electrons. The van der Waals surface area contributed by atoms with Crippen molar-refractivity contribution in [1.29, 1.82) is 0 Å². The monoisotopic (exact) mass is 672 g/mol. The molecule has 8 heteroatoms. The van der Waals surface area contributed by atoms with Crippen molar-refractivity contribution in [3.63, 3.8) is 0 Å². The highest BCUT2D eigenvalue weighted by molar-refractivity contribution is 5.83. The minimum atomic E-state index is -0.990. The Hall–Kier alpha value is -4.86. The SMILES string of the molecule is CC(c1ccc2ccccc2c1)N(C)CC1CC(c2ccc(CO)cc2)OC(c2ccc(-c3cccc(CNC(=O)CCC(=O)O)c3)cc2)O1. The Kier molecular flexibility index (Phi) is 11.4. The van der Waals surface area contributed by atoms with E-state index in [-0.39, 0.29) is 43.6 Å². The van der Waals surface area contributed by atoms with E-state index in [0.717, 1.165) is 39.9 Å². The summed E-state index contributed by atoms with van der Waals surface area (Å²) in [5, 5.41) is 23.7. The van der Waals surface area contributed by atoms with Crippen LogP contribution in [0, 0.1) is 0 Å². The second-order valence-corrected chi connectivity index (χ2v) is 13.1. The van der Waals surface area contributed by atoms with Crippen LogP contribution in [0.2, 0.25) is 0 Å². The number of nitrogens with one attached hydrogen (secondary N) is 1. The number of nitrogens with zero attached hydrogens (tertiary/aromatic N) is 1. The van der Waals surface area contributed by atoms with Gasteiger partial charge in [-0.1, -0.05) is 103 Å². The lowest BCUT2D eigenvalue weighted by atomic mass is 9.98. The molecule has 1 aliphatic heterocycles. The number of aliphatic hydroxyl groups excluding tert-OH is 1. The Balaban J connectivity index is 1.17. The number of rotatable bonds is 13. The van der Waals surface area contributed by atoms with E-state index in [9.17, 15) is 14.7 Å². The predicted molar refractivity (Wildman–Crippen MR) is 194 cm³/mol. The van der Waals surface area contributed by atoms with E-state index in [4.69, 9.17) is 14.6 Å². The number of hydrogen-bond donors (Lipinski definition) is 3. The average molecular weight is 673 g/mol. The van der Waals surface area contributed by atoms with Gasteiger partial charge in [-0.05, 0) is 70.3 Å². The zero-order valence-corrected chi connectivity index (χ0v) is 28.5. The van der Waals surface area contributed by atoms with Crippen LogP contribution >= 0.6 is 0 Å². The van der Waals surface area contributed by atoms with Gasteiger partial charge in [-0.25, -0.2) is 0 Å². The number of aliphatic hydroxyl groups is 1. The van der Waals surface area contributed by atoms with Gasteiger partial charge in [0, 0.05) is 37.5 Å². The maximum absolute atomic E-state index is 12.0. The Bertz CT molecular complexity index is 1910. The van der Waals surface area contributed by atoms with Gasteiger partial charge >= 0.3 is 5.97 Å². The molecule has 1 fully saturated rings. The molecule has 1 aliphatic rings. The smallest absolute Gasteiger partial charge is 0.303 e. The van der Waals surface area contributed by atoms with E-state index >= 15 is 0 Å². The van der Waals surface area contributed by atoms with E-state index in [1.54, 1.807) is 0 Å². The quantitative estimate of drug-likeness (QED) is 0.118. The lowest BCUT2D eigenvalue weighted by Crippen LogP contribution is -2.38. The third-order valence-electron chi connectivity index (χ3n) is 9.52. The van der Waals surface area contributed by atoms with Crippen LogP contribution in [0.5, 0.6) is 0 Å². The van der Waals surface area contributed by atoms with Crippen LogP contribution in [0.4, 0.5) is 0 Å². The molecule has 0 saturated carbocycles. The fourth-order valence-electron chi connectivity index (χ4n) is 6.44. The second-order valence-electron chi connectivity index (χ2n) is 13.1. The number of carbonyl (C=O) groups is 2. The van der Waals surface area contributed by atoms with Crippen LogP contribution in [0.3, 0.4) is 0 Å². The van der Waals surface area contributed by atoms with Gasteiger partial charge in [-0.2, -0.15) is 0 Å². The molecule has 258 valence electrons. The lowest BCUT2D eigenvalue weighted by Gasteiger charge is -2.39. The summed E-state index contributed by atoms with van der Waals surface area (Å²) in [5.41, 5.74) is 7.03. The van der Waals surface area contributed by atoms with Crippen molar-refractivity contribution >= 4 is 22.6 Å². The molecule has 0 bridgehead atoms. The number of carboxylic acids is 1. The summed E-state index contributed by atoms with van der Waals surface area (Å²) in [7, 11) is 2.14. The molecular weight excluding hydrogens is 628 g/mol. The van der Waals surface area contributed by atoms with E-state index in [0.29, 0.717) is 13.0 Å². The third kappa shape index (κ3) is 8.83. The minimum absolute atomic E-state index is 0.00565. The molecule has 6 rings (SSSR count). The van der Waals surface area contributed by atoms with Crippen molar-refractivity contribution in [3.8, 4) is 11.1 Å². The highest BCUT2D eigenvalue weighted by atomic mass is 16.7. The fourth-order valence-corrected chi connectivity index (χ4v) is 6.44. The summed E-state index contributed by atoms with van der Waals surface area (Å²) >= 11 is 0. The molecule has 3 N–H and O–H groups in total. The van der Waals surface area contributed by atoms with Crippen LogP contribution in [0.1, 0.15) is 72.4 Å². The van der Waals surface area contributed by atoms with Crippen molar-refractivity contribution in [1.82, 2.24) is 10.2 Å². The van der Waals surface area contributed by atoms with Gasteiger partial charge < -0.3 is 25.0 Å². The van der Waals surface area contributed by atoms with Gasteiger partial charge in [-0.3, -0.25) is 14.5 Å². The van der Waals surface area contributed by atoms with Crippen LogP contribution in [-0.4, -0.2) is 46.7 Å². The zero-order chi connectivity index (χ0) is 35.0. The highest BCUT2D eigenvalue weighted by Crippen LogP contribution is 2.39. The average Bonchev–Trinajstić information content (AvgIpc) is 3.15. The minimum Gasteiger partial charge on any atom is -0.481 e. The second kappa shape index (κ2) is 16.2. The summed E-state index contributed by atoms with van der Waals surface area (Å²) in [5.74, 6) is -1.28. The highest BCUT2D eigenvalue weighted by Gasteiger charge is 2.33. The zero-order valence-electron chi connectivity index (χ0n) is 28.5. The van der Waals surface area contributed by atoms with Gasteiger partial charge in [0.2, 0.25) is 5.91 Å². The number of ether oxygens (including phenoxy) is 2. The van der Waals surface area contributed by atoms with Gasteiger partial charge in [0.25, 0.3) is 0 Å². The van der Waals surface area contributed by atoms with Crippen molar-refractivity contribution in [2.24, 2.45) is 0 Å². The maximum Gasteiger partial charge on any atom is 0.303 e. The first-order chi connectivity index (χ1) is 24.2. The van der Waals surface area contributed by atoms with Crippen molar-refractivity contribution in [2.75, 3.05) is 13.6 Å². The Morgan fingerprint density at radius 2 is 1.54 bits per heavy atom. The predicted octanol–water partition coefficient (Wildman–Crippen LogP) is 7.72. The molecule has 1 saturated heterocycles. The van der Waals surface area contributed by atoms with E-state index in [1.807, 2.05) is 60.7 Å². The number of fused-ring (bicyclic) bond motifs is 1. The Labute approximate surface area is 293 Å². The van der Waals surface area contributed by atoms with E-state index in [2.05, 4.69) is 78.8 Å². The largest absolute Gasteiger partial charge is 0.481 e. The topological polar surface area (TPSA) is 108 Å². The molecule has 0 aliphatic carbocycles. The van der Waals surface area contributed by atoms with Crippen molar-refractivity contribution in [3.05, 3.63) is 143 Å². The molecule has 0 aromatic heterocycles. The molecule has 4 unspecified atom stereocenters. The molecule has 1 heterocycles. The molecular formula is C42H44N2O6. The summed E-state index contributed by atoms with van der Waals surface area (Å²) < 4.78 is 13.3. The Morgan fingerprint density at radius 3 is 2.28 bits per heavy atom. The van der Waals surface area contributed by atoms with Crippen LogP contribution in [0.25, 0.3) is 21.9 Å². The maximum atomic E-state index is 12.0. The third-order valence-corrected chi connectivity index (χ3v) is 9.52. The molecule has 8 nitrogen and oxygen atoms in total. The molecule has 5 aromatic carbocycles. The van der Waals surface area contributed by atoms with Crippen molar-refractivity contribution in [2.45, 2.75) is 63.9 Å². The molecule has 50 heavy (non-hydrogen) atoms. The van der Waals surface area contributed by atoms with Gasteiger partial charge in [0.15, 0.2) is 6.29 Å². The molecule has 5 aromatic rings. The standard InChI is InChI=1S/C42H44N2O6/c1-28(35-19-16-31-7-3-4-8-37(31)23-35)44(2)26-38-24-39(33-12-10-29(27-45)11-13-33)50-42(49-38)34-17-14-32(15-18-34)36-9-5-6-30(22-36)25-43-40(46)20-21-41(47)48/h3-19,22-23,28,38-39,42,45H,20-21,24-27H2,1-2H3,(H,43,46)(H,47,48). The van der Waals surface area contributed by atoms with Gasteiger partial charge in [-0.15, -0.1) is 0 Å². The first-order valence-electron chi connectivity index (χ1n) is 17.1. The summed E-state index contributed by atoms with van der Waals surface area (Å²) in [6, 6.07) is 39.3. The van der Waals surface area contributed by atoms with Crippen LogP contribution in [-0.2, 0) is 32.2 Å². The first-order valence-corrected chi connectivity index (χ1v) is 17.1. The number of aliphatic carboxylic acids is 1. The Morgan fingerprint density at radius 1 is 0.800 bits per heavy atom. The number of carbonyl (C=O) groups excluding carboxylic acids is 1. The summed E-state index contributed by atoms with van der Waals surface area (Å²) in [6.07, 6.45) is -0.379. The normalized spacial score (nSPS) is 18.2. The molecule has 0 spiro atoms. The first kappa shape index (κ1) is 35.0. The van der Waals surface area contributed by atoms with Crippen LogP contribution in [0.15, 0.2) is 115 Å². The lowest BCUT2D eigenvalue weighted by molar-refractivity contribution is -0.253. The number of benzene rings is 5. The summed E-state index contributed by atoms with van der Waals surface area (Å²) in [6.45, 7) is 3.27. The number of amides is 1. The van der Waals surface area contributed by atoms with Crippen LogP contribution < -0.4 is 5.32 Å².